The Hall–Kier alpha value is -0.550. The Bertz CT molecular complexity index is 410. The lowest BCUT2D eigenvalue weighted by molar-refractivity contribution is 0.220. The van der Waals surface area contributed by atoms with Crippen LogP contribution >= 0.6 is 36.2 Å². The lowest BCUT2D eigenvalue weighted by Gasteiger charge is -2.32. The van der Waals surface area contributed by atoms with Gasteiger partial charge in [0.1, 0.15) is 0 Å². The summed E-state index contributed by atoms with van der Waals surface area (Å²) in [7, 11) is 0. The lowest BCUT2D eigenvalue weighted by atomic mass is 9.96. The third-order valence-electron chi connectivity index (χ3n) is 3.17. The first-order valence-corrected chi connectivity index (χ1v) is 6.76. The van der Waals surface area contributed by atoms with Gasteiger partial charge in [-0.15, -0.1) is 49.3 Å². The molecule has 108 valence electrons. The zero-order valence-electron chi connectivity index (χ0n) is 10.9. The van der Waals surface area contributed by atoms with Gasteiger partial charge in [-0.2, -0.15) is 0 Å². The predicted octanol–water partition coefficient (Wildman–Crippen LogP) is 3.10. The van der Waals surface area contributed by atoms with Gasteiger partial charge in [0, 0.05) is 24.0 Å². The minimum absolute atomic E-state index is 0. The van der Waals surface area contributed by atoms with Crippen molar-refractivity contribution in [1.29, 1.82) is 0 Å². The molecule has 0 amide bonds. The maximum absolute atomic E-state index is 5.76. The van der Waals surface area contributed by atoms with Crippen molar-refractivity contribution in [2.75, 3.05) is 18.8 Å². The van der Waals surface area contributed by atoms with Gasteiger partial charge in [0.2, 0.25) is 0 Å². The quantitative estimate of drug-likeness (QED) is 0.847. The molecule has 1 heterocycles. The van der Waals surface area contributed by atoms with Crippen LogP contribution in [-0.4, -0.2) is 29.0 Å². The third-order valence-corrected chi connectivity index (χ3v) is 4.12. The highest BCUT2D eigenvalue weighted by Crippen LogP contribution is 2.30. The van der Waals surface area contributed by atoms with Gasteiger partial charge in [-0.25, -0.2) is 4.98 Å². The molecule has 0 aliphatic heterocycles. The summed E-state index contributed by atoms with van der Waals surface area (Å²) in [5.41, 5.74) is 6.97. The highest BCUT2D eigenvalue weighted by atomic mass is 35.5. The van der Waals surface area contributed by atoms with Gasteiger partial charge in [-0.05, 0) is 19.3 Å². The van der Waals surface area contributed by atoms with Gasteiger partial charge in [0.25, 0.3) is 0 Å². The van der Waals surface area contributed by atoms with Gasteiger partial charge in [-0.3, -0.25) is 4.90 Å². The van der Waals surface area contributed by atoms with Gasteiger partial charge in [-0.1, -0.05) is 12.2 Å². The molecular formula is C13H21Cl2N3S. The number of aryl methyl sites for hydroxylation is 1. The van der Waals surface area contributed by atoms with E-state index in [0.717, 1.165) is 32.4 Å². The fourth-order valence-corrected chi connectivity index (χ4v) is 3.34. The topological polar surface area (TPSA) is 42.2 Å². The smallest absolute Gasteiger partial charge is 0.180 e. The van der Waals surface area contributed by atoms with Crippen molar-refractivity contribution in [1.82, 2.24) is 9.88 Å². The number of nitrogens with two attached hydrogens (primary N) is 1. The Morgan fingerprint density at radius 3 is 2.53 bits per heavy atom. The number of aromatic nitrogens is 1. The second kappa shape index (κ2) is 8.59. The van der Waals surface area contributed by atoms with Crippen LogP contribution in [0, 0.1) is 0 Å². The average molecular weight is 322 g/mol. The first-order valence-electron chi connectivity index (χ1n) is 5.94. The molecule has 3 nitrogen and oxygen atoms in total. The van der Waals surface area contributed by atoms with E-state index in [1.54, 1.807) is 11.3 Å². The van der Waals surface area contributed by atoms with E-state index in [1.165, 1.54) is 10.6 Å². The number of anilines is 1. The molecule has 1 aromatic heterocycles. The fourth-order valence-electron chi connectivity index (χ4n) is 2.39. The molecule has 0 bridgehead atoms. The molecule has 0 fully saturated rings. The number of halogens is 2. The van der Waals surface area contributed by atoms with Crippen LogP contribution in [0.15, 0.2) is 25.3 Å². The molecule has 1 unspecified atom stereocenters. The highest BCUT2D eigenvalue weighted by molar-refractivity contribution is 7.15. The molecule has 0 saturated carbocycles. The van der Waals surface area contributed by atoms with Gasteiger partial charge >= 0.3 is 0 Å². The number of hydrogen-bond donors (Lipinski definition) is 1. The molecular weight excluding hydrogens is 301 g/mol. The van der Waals surface area contributed by atoms with Crippen molar-refractivity contribution in [3.8, 4) is 0 Å². The highest BCUT2D eigenvalue weighted by Gasteiger charge is 2.25. The van der Waals surface area contributed by atoms with Crippen molar-refractivity contribution < 1.29 is 0 Å². The maximum Gasteiger partial charge on any atom is 0.180 e. The largest absolute Gasteiger partial charge is 0.375 e. The van der Waals surface area contributed by atoms with Crippen LogP contribution in [0.2, 0.25) is 0 Å². The first kappa shape index (κ1) is 18.4. The van der Waals surface area contributed by atoms with E-state index in [-0.39, 0.29) is 24.8 Å². The minimum Gasteiger partial charge on any atom is -0.375 e. The standard InChI is InChI=1S/C13H19N3S.2ClH/c1-3-7-16(8-4-2)10-5-6-11-12(9-10)17-13(14)15-11;;/h3-4,10H,1-2,5-9H2,(H2,14,15);2*1H. The summed E-state index contributed by atoms with van der Waals surface area (Å²) in [6, 6.07) is 0.568. The number of thiazole rings is 1. The van der Waals surface area contributed by atoms with Crippen molar-refractivity contribution in [2.45, 2.75) is 25.3 Å². The predicted molar refractivity (Wildman–Crippen MR) is 88.8 cm³/mol. The van der Waals surface area contributed by atoms with E-state index >= 15 is 0 Å². The Balaban J connectivity index is 0.00000162. The van der Waals surface area contributed by atoms with E-state index in [1.807, 2.05) is 12.2 Å². The number of hydrogen-bond acceptors (Lipinski definition) is 4. The summed E-state index contributed by atoms with van der Waals surface area (Å²) in [6.45, 7) is 9.47. The van der Waals surface area contributed by atoms with Crippen molar-refractivity contribution >= 4 is 41.3 Å². The third kappa shape index (κ3) is 4.49. The average Bonchev–Trinajstić information content (AvgIpc) is 2.67. The van der Waals surface area contributed by atoms with Crippen molar-refractivity contribution in [3.63, 3.8) is 0 Å². The van der Waals surface area contributed by atoms with Crippen LogP contribution in [0.3, 0.4) is 0 Å². The maximum atomic E-state index is 5.76. The zero-order chi connectivity index (χ0) is 12.3. The van der Waals surface area contributed by atoms with Gasteiger partial charge in [0.15, 0.2) is 5.13 Å². The number of fused-ring (bicyclic) bond motifs is 1. The Morgan fingerprint density at radius 2 is 1.95 bits per heavy atom. The van der Waals surface area contributed by atoms with Crippen LogP contribution in [0.25, 0.3) is 0 Å². The van der Waals surface area contributed by atoms with Crippen LogP contribution in [-0.2, 0) is 12.8 Å². The van der Waals surface area contributed by atoms with Crippen LogP contribution in [0.1, 0.15) is 17.0 Å². The summed E-state index contributed by atoms with van der Waals surface area (Å²) in [5, 5.41) is 0.703. The van der Waals surface area contributed by atoms with Gasteiger partial charge < -0.3 is 5.73 Å². The Kier molecular flexibility index (Phi) is 8.34. The fraction of sp³-hybridized carbons (Fsp3) is 0.462. The molecule has 2 rings (SSSR count). The molecule has 1 aliphatic rings. The van der Waals surface area contributed by atoms with E-state index in [0.29, 0.717) is 11.2 Å². The number of nitrogens with zero attached hydrogens (tertiary/aromatic N) is 2. The van der Waals surface area contributed by atoms with Crippen molar-refractivity contribution in [2.24, 2.45) is 0 Å². The van der Waals surface area contributed by atoms with E-state index in [2.05, 4.69) is 23.0 Å². The summed E-state index contributed by atoms with van der Waals surface area (Å²) in [5.74, 6) is 0. The van der Waals surface area contributed by atoms with Crippen LogP contribution in [0.4, 0.5) is 5.13 Å². The molecule has 1 aromatic rings. The van der Waals surface area contributed by atoms with Crippen LogP contribution in [0.5, 0.6) is 0 Å². The molecule has 1 aliphatic carbocycles. The van der Waals surface area contributed by atoms with E-state index in [9.17, 15) is 0 Å². The summed E-state index contributed by atoms with van der Waals surface area (Å²) in [4.78, 5) is 8.15. The second-order valence-corrected chi connectivity index (χ2v) is 5.47. The normalized spacial score (nSPS) is 17.0. The minimum atomic E-state index is 0. The van der Waals surface area contributed by atoms with E-state index in [4.69, 9.17) is 5.73 Å². The molecule has 19 heavy (non-hydrogen) atoms. The monoisotopic (exact) mass is 321 g/mol. The summed E-state index contributed by atoms with van der Waals surface area (Å²) < 4.78 is 0. The Morgan fingerprint density at radius 1 is 1.32 bits per heavy atom. The van der Waals surface area contributed by atoms with E-state index < -0.39 is 0 Å². The number of nitrogen functional groups attached to an aromatic ring is 1. The SMILES string of the molecule is C=CCN(CC=C)C1CCc2nc(N)sc2C1.Cl.Cl. The Labute approximate surface area is 131 Å². The molecule has 2 N–H and O–H groups in total. The molecule has 0 spiro atoms. The zero-order valence-corrected chi connectivity index (χ0v) is 13.3. The molecule has 1 atom stereocenters. The lowest BCUT2D eigenvalue weighted by Crippen LogP contribution is -2.39. The van der Waals surface area contributed by atoms with Gasteiger partial charge in [0.05, 0.1) is 5.69 Å². The molecule has 0 saturated heterocycles. The summed E-state index contributed by atoms with van der Waals surface area (Å²) >= 11 is 1.64. The number of rotatable bonds is 5. The first-order chi connectivity index (χ1) is 8.24. The van der Waals surface area contributed by atoms with Crippen molar-refractivity contribution in [3.05, 3.63) is 35.9 Å². The molecule has 0 aromatic carbocycles. The molecule has 6 heteroatoms. The second-order valence-electron chi connectivity index (χ2n) is 4.35. The van der Waals surface area contributed by atoms with Crippen LogP contribution < -0.4 is 5.73 Å². The molecule has 0 radical (unpaired) electrons. The summed E-state index contributed by atoms with van der Waals surface area (Å²) in [6.07, 6.45) is 7.17.